The Hall–Kier alpha value is -2.44. The van der Waals surface area contributed by atoms with Crippen LogP contribution in [0.2, 0.25) is 0 Å². The van der Waals surface area contributed by atoms with Gasteiger partial charge >= 0.3 is 0 Å². The first-order valence-corrected chi connectivity index (χ1v) is 9.53. The van der Waals surface area contributed by atoms with Gasteiger partial charge < -0.3 is 16.0 Å². The third-order valence-electron chi connectivity index (χ3n) is 4.28. The van der Waals surface area contributed by atoms with Crippen molar-refractivity contribution in [3.63, 3.8) is 0 Å². The van der Waals surface area contributed by atoms with Gasteiger partial charge in [-0.3, -0.25) is 9.59 Å². The number of hydrogen-bond donors (Lipinski definition) is 2. The minimum absolute atomic E-state index is 0. The van der Waals surface area contributed by atoms with Crippen LogP contribution in [0.1, 0.15) is 36.2 Å². The molecule has 158 valence electrons. The van der Waals surface area contributed by atoms with Crippen molar-refractivity contribution in [1.82, 2.24) is 4.90 Å². The van der Waals surface area contributed by atoms with E-state index in [-0.39, 0.29) is 41.4 Å². The molecular formula is C22H29ClFN3O2. The molecule has 29 heavy (non-hydrogen) atoms. The number of benzene rings is 2. The first-order valence-electron chi connectivity index (χ1n) is 9.53. The van der Waals surface area contributed by atoms with Crippen molar-refractivity contribution < 1.29 is 14.0 Å². The smallest absolute Gasteiger partial charge is 0.254 e. The highest BCUT2D eigenvalue weighted by molar-refractivity contribution is 5.96. The maximum absolute atomic E-state index is 14.4. The van der Waals surface area contributed by atoms with Crippen LogP contribution >= 0.6 is 12.4 Å². The Morgan fingerprint density at radius 2 is 1.79 bits per heavy atom. The molecule has 0 spiro atoms. The van der Waals surface area contributed by atoms with E-state index in [1.165, 1.54) is 18.2 Å². The highest BCUT2D eigenvalue weighted by Gasteiger charge is 2.17. The summed E-state index contributed by atoms with van der Waals surface area (Å²) in [6.45, 7) is 5.04. The zero-order valence-corrected chi connectivity index (χ0v) is 17.7. The second-order valence-electron chi connectivity index (χ2n) is 7.16. The highest BCUT2D eigenvalue weighted by atomic mass is 35.5. The third-order valence-corrected chi connectivity index (χ3v) is 4.28. The molecule has 0 aliphatic heterocycles. The van der Waals surface area contributed by atoms with Crippen LogP contribution in [-0.4, -0.2) is 36.3 Å². The van der Waals surface area contributed by atoms with Crippen molar-refractivity contribution in [2.45, 2.75) is 26.7 Å². The number of nitrogens with one attached hydrogen (secondary N) is 1. The van der Waals surface area contributed by atoms with E-state index in [2.05, 4.69) is 5.32 Å². The van der Waals surface area contributed by atoms with E-state index in [1.54, 1.807) is 4.90 Å². The van der Waals surface area contributed by atoms with Gasteiger partial charge in [-0.15, -0.1) is 12.4 Å². The van der Waals surface area contributed by atoms with E-state index in [1.807, 2.05) is 44.2 Å². The number of anilines is 1. The molecule has 5 nitrogen and oxygen atoms in total. The standard InChI is InChI=1S/C22H28FN3O2.ClH/c1-16(2)14-21(27)25-20-9-8-18(15-19(20)23)22(28)26(13-11-24)12-10-17-6-4-3-5-7-17;/h3-9,15-16H,10-14,24H2,1-2H3,(H,25,27);1H. The summed E-state index contributed by atoms with van der Waals surface area (Å²) in [7, 11) is 0. The predicted molar refractivity (Wildman–Crippen MR) is 117 cm³/mol. The quantitative estimate of drug-likeness (QED) is 0.645. The van der Waals surface area contributed by atoms with E-state index in [4.69, 9.17) is 5.73 Å². The first-order chi connectivity index (χ1) is 13.4. The molecule has 0 radical (unpaired) electrons. The van der Waals surface area contributed by atoms with E-state index >= 15 is 0 Å². The van der Waals surface area contributed by atoms with Crippen molar-refractivity contribution in [3.05, 3.63) is 65.5 Å². The van der Waals surface area contributed by atoms with Gasteiger partial charge in [-0.05, 0) is 36.1 Å². The summed E-state index contributed by atoms with van der Waals surface area (Å²) >= 11 is 0. The number of nitrogens with zero attached hydrogens (tertiary/aromatic N) is 1. The summed E-state index contributed by atoms with van der Waals surface area (Å²) in [5.41, 5.74) is 7.08. The van der Waals surface area contributed by atoms with Crippen LogP contribution in [0.15, 0.2) is 48.5 Å². The molecule has 0 unspecified atom stereocenters. The molecule has 0 saturated carbocycles. The number of halogens is 2. The van der Waals surface area contributed by atoms with Crippen molar-refractivity contribution in [3.8, 4) is 0 Å². The SMILES string of the molecule is CC(C)CC(=O)Nc1ccc(C(=O)N(CCN)CCc2ccccc2)cc1F.Cl. The normalized spacial score (nSPS) is 10.4. The molecule has 0 atom stereocenters. The monoisotopic (exact) mass is 421 g/mol. The summed E-state index contributed by atoms with van der Waals surface area (Å²) in [5, 5.41) is 2.55. The van der Waals surface area contributed by atoms with Crippen LogP contribution in [0, 0.1) is 11.7 Å². The predicted octanol–water partition coefficient (Wildman–Crippen LogP) is 3.88. The summed E-state index contributed by atoms with van der Waals surface area (Å²) < 4.78 is 14.4. The van der Waals surface area contributed by atoms with Crippen molar-refractivity contribution in [2.75, 3.05) is 25.0 Å². The molecule has 7 heteroatoms. The fraction of sp³-hybridized carbons (Fsp3) is 0.364. The molecule has 0 aliphatic carbocycles. The number of amides is 2. The molecule has 2 aromatic rings. The van der Waals surface area contributed by atoms with E-state index < -0.39 is 5.82 Å². The van der Waals surface area contributed by atoms with Gasteiger partial charge in [0.05, 0.1) is 5.69 Å². The molecule has 2 aromatic carbocycles. The lowest BCUT2D eigenvalue weighted by molar-refractivity contribution is -0.116. The van der Waals surface area contributed by atoms with Gasteiger partial charge in [0.15, 0.2) is 0 Å². The van der Waals surface area contributed by atoms with Crippen molar-refractivity contribution in [2.24, 2.45) is 11.7 Å². The minimum Gasteiger partial charge on any atom is -0.337 e. The molecule has 0 bridgehead atoms. The van der Waals surface area contributed by atoms with Crippen LogP contribution in [-0.2, 0) is 11.2 Å². The van der Waals surface area contributed by atoms with Gasteiger partial charge in [0.2, 0.25) is 5.91 Å². The van der Waals surface area contributed by atoms with Crippen LogP contribution in [0.3, 0.4) is 0 Å². The Morgan fingerprint density at radius 1 is 1.10 bits per heavy atom. The van der Waals surface area contributed by atoms with Gasteiger partial charge in [0.1, 0.15) is 5.82 Å². The Balaban J connectivity index is 0.00000420. The molecule has 3 N–H and O–H groups in total. The average Bonchev–Trinajstić information content (AvgIpc) is 2.66. The van der Waals surface area contributed by atoms with Gasteiger partial charge in [0.25, 0.3) is 5.91 Å². The van der Waals surface area contributed by atoms with Crippen LogP contribution in [0.5, 0.6) is 0 Å². The molecular weight excluding hydrogens is 393 g/mol. The Labute approximate surface area is 177 Å². The fourth-order valence-electron chi connectivity index (χ4n) is 2.88. The highest BCUT2D eigenvalue weighted by Crippen LogP contribution is 2.18. The largest absolute Gasteiger partial charge is 0.337 e. The zero-order valence-electron chi connectivity index (χ0n) is 16.9. The van der Waals surface area contributed by atoms with Crippen molar-refractivity contribution in [1.29, 1.82) is 0 Å². The van der Waals surface area contributed by atoms with Crippen LogP contribution in [0.25, 0.3) is 0 Å². The molecule has 0 aliphatic rings. The van der Waals surface area contributed by atoms with Crippen molar-refractivity contribution >= 4 is 29.9 Å². The van der Waals surface area contributed by atoms with Crippen LogP contribution in [0.4, 0.5) is 10.1 Å². The summed E-state index contributed by atoms with van der Waals surface area (Å²) in [6, 6.07) is 14.0. The maximum atomic E-state index is 14.4. The Morgan fingerprint density at radius 3 is 2.38 bits per heavy atom. The third kappa shape index (κ3) is 7.83. The number of rotatable bonds is 9. The van der Waals surface area contributed by atoms with Crippen LogP contribution < -0.4 is 11.1 Å². The number of nitrogens with two attached hydrogens (primary N) is 1. The fourth-order valence-corrected chi connectivity index (χ4v) is 2.88. The summed E-state index contributed by atoms with van der Waals surface area (Å²) in [6.07, 6.45) is 1.00. The molecule has 2 rings (SSSR count). The number of carbonyl (C=O) groups is 2. The van der Waals surface area contributed by atoms with E-state index in [0.717, 1.165) is 5.56 Å². The number of carbonyl (C=O) groups excluding carboxylic acids is 2. The first kappa shape index (κ1) is 24.6. The zero-order chi connectivity index (χ0) is 20.5. The molecule has 2 amide bonds. The molecule has 0 aromatic heterocycles. The summed E-state index contributed by atoms with van der Waals surface area (Å²) in [5.74, 6) is -0.974. The van der Waals surface area contributed by atoms with Gasteiger partial charge in [0, 0.05) is 31.6 Å². The molecule has 0 fully saturated rings. The second kappa shape index (κ2) is 12.2. The average molecular weight is 422 g/mol. The molecule has 0 heterocycles. The van der Waals surface area contributed by atoms with Gasteiger partial charge in [-0.25, -0.2) is 4.39 Å². The summed E-state index contributed by atoms with van der Waals surface area (Å²) in [4.78, 5) is 26.3. The lowest BCUT2D eigenvalue weighted by atomic mass is 10.1. The van der Waals surface area contributed by atoms with Gasteiger partial charge in [-0.2, -0.15) is 0 Å². The van der Waals surface area contributed by atoms with E-state index in [0.29, 0.717) is 32.5 Å². The number of hydrogen-bond acceptors (Lipinski definition) is 3. The lowest BCUT2D eigenvalue weighted by Crippen LogP contribution is -2.37. The Bertz CT molecular complexity index is 800. The second-order valence-corrected chi connectivity index (χ2v) is 7.16. The molecule has 0 saturated heterocycles. The van der Waals surface area contributed by atoms with Gasteiger partial charge in [-0.1, -0.05) is 44.2 Å². The maximum Gasteiger partial charge on any atom is 0.254 e. The van der Waals surface area contributed by atoms with E-state index in [9.17, 15) is 14.0 Å². The Kier molecular flexibility index (Phi) is 10.3. The topological polar surface area (TPSA) is 75.4 Å². The minimum atomic E-state index is -0.626. The lowest BCUT2D eigenvalue weighted by Gasteiger charge is -2.22.